The highest BCUT2D eigenvalue weighted by Crippen LogP contribution is 2.55. The molecule has 3 amide bonds. The zero-order chi connectivity index (χ0) is 39.2. The standard InChI is InChI=1S/C37H58N8O8/c1-23(2)10-7-14-36(4,5)33-32(51-6)28(13-15-37(33)22-52-37)53-35(50)43-21-30(47)44-26(12-9-17-41-34(38)39)24(3)42-20-29(46)45-27(18-31(48)49)25-11-8-16-40-19-25/h8,10-11,16,19,26-28,32-33,42H,3,7,9,12-15,17-18,20-22H2,1-2,4-6H3,(H,43,50)(H,44,47)(H,45,46)(H,48,49)(H4,38,39,41)/t26-,27?,28+,32+,33+,37-/m0/s1. The van der Waals surface area contributed by atoms with Crippen LogP contribution in [0.15, 0.2) is 53.4 Å². The number of epoxide rings is 1. The van der Waals surface area contributed by atoms with Crippen LogP contribution in [0.3, 0.4) is 0 Å². The van der Waals surface area contributed by atoms with Crippen molar-refractivity contribution < 1.29 is 38.5 Å². The van der Waals surface area contributed by atoms with E-state index in [0.717, 1.165) is 19.3 Å². The van der Waals surface area contributed by atoms with Gasteiger partial charge < -0.3 is 52.1 Å². The molecule has 1 aromatic heterocycles. The number of carboxylic acid groups (broad SMARTS) is 1. The highest BCUT2D eigenvalue weighted by atomic mass is 16.6. The zero-order valence-corrected chi connectivity index (χ0v) is 31.6. The van der Waals surface area contributed by atoms with Crippen molar-refractivity contribution in [2.24, 2.45) is 27.8 Å². The summed E-state index contributed by atoms with van der Waals surface area (Å²) >= 11 is 0. The number of ether oxygens (including phenoxy) is 3. The van der Waals surface area contributed by atoms with Gasteiger partial charge in [-0.1, -0.05) is 38.1 Å². The largest absolute Gasteiger partial charge is 0.481 e. The first-order chi connectivity index (χ1) is 25.1. The van der Waals surface area contributed by atoms with E-state index in [-0.39, 0.29) is 48.9 Å². The van der Waals surface area contributed by atoms with Crippen molar-refractivity contribution >= 4 is 29.8 Å². The van der Waals surface area contributed by atoms with Gasteiger partial charge in [-0.25, -0.2) is 4.79 Å². The Kier molecular flexibility index (Phi) is 16.1. The van der Waals surface area contributed by atoms with Crippen LogP contribution in [-0.2, 0) is 28.6 Å². The second kappa shape index (κ2) is 19.9. The lowest BCUT2D eigenvalue weighted by Crippen LogP contribution is -2.56. The molecule has 2 heterocycles. The molecule has 16 heteroatoms. The molecule has 0 bridgehead atoms. The molecular formula is C37H58N8O8. The molecule has 0 aromatic carbocycles. The van der Waals surface area contributed by atoms with Crippen LogP contribution in [0.4, 0.5) is 4.79 Å². The molecule has 1 aliphatic carbocycles. The fourth-order valence-electron chi connectivity index (χ4n) is 7.08. The molecule has 3 rings (SSSR count). The van der Waals surface area contributed by atoms with E-state index in [1.54, 1.807) is 25.4 Å². The van der Waals surface area contributed by atoms with Crippen LogP contribution in [0.5, 0.6) is 0 Å². The number of carbonyl (C=O) groups excluding carboxylic acids is 3. The summed E-state index contributed by atoms with van der Waals surface area (Å²) in [4.78, 5) is 58.3. The van der Waals surface area contributed by atoms with Gasteiger partial charge >= 0.3 is 12.1 Å². The van der Waals surface area contributed by atoms with Gasteiger partial charge in [0, 0.05) is 37.7 Å². The number of pyridine rings is 1. The SMILES string of the molecule is C=C(NCC(=O)NC(CC(=O)O)c1cccnc1)[C@H](CCCN=C(N)N)NC(=O)CNC(=O)O[C@@H]1CC[C@]2(CO2)[C@@H](C(C)(C)CCC=C(C)C)[C@@H]1OC. The van der Waals surface area contributed by atoms with Gasteiger partial charge in [0.1, 0.15) is 18.8 Å². The minimum Gasteiger partial charge on any atom is -0.481 e. The highest BCUT2D eigenvalue weighted by Gasteiger charge is 2.63. The number of methoxy groups -OCH3 is 1. The topological polar surface area (TPSA) is 245 Å². The quantitative estimate of drug-likeness (QED) is 0.0316. The average molecular weight is 743 g/mol. The maximum absolute atomic E-state index is 13.1. The van der Waals surface area contributed by atoms with Gasteiger partial charge in [0.15, 0.2) is 5.96 Å². The van der Waals surface area contributed by atoms with Crippen LogP contribution in [0.1, 0.15) is 84.2 Å². The number of nitrogens with one attached hydrogen (secondary N) is 4. The summed E-state index contributed by atoms with van der Waals surface area (Å²) in [6.45, 7) is 12.9. The number of aliphatic imine (C=N–C) groups is 1. The van der Waals surface area contributed by atoms with Crippen molar-refractivity contribution in [3.63, 3.8) is 0 Å². The smallest absolute Gasteiger partial charge is 0.407 e. The number of carbonyl (C=O) groups is 4. The molecule has 2 aliphatic rings. The number of nitrogens with zero attached hydrogens (tertiary/aromatic N) is 2. The first-order valence-electron chi connectivity index (χ1n) is 18.0. The molecule has 53 heavy (non-hydrogen) atoms. The number of alkyl carbamates (subject to hydrolysis) is 1. The zero-order valence-electron chi connectivity index (χ0n) is 31.6. The molecule has 1 saturated heterocycles. The van der Waals surface area contributed by atoms with Crippen molar-refractivity contribution in [2.75, 3.05) is 33.4 Å². The Morgan fingerprint density at radius 1 is 1.19 bits per heavy atom. The van der Waals surface area contributed by atoms with Gasteiger partial charge in [-0.05, 0) is 69.4 Å². The van der Waals surface area contributed by atoms with Gasteiger partial charge in [-0.3, -0.25) is 24.4 Å². The lowest BCUT2D eigenvalue weighted by Gasteiger charge is -2.48. The van der Waals surface area contributed by atoms with Gasteiger partial charge in [0.25, 0.3) is 0 Å². The molecule has 6 atom stereocenters. The average Bonchev–Trinajstić information content (AvgIpc) is 3.86. The summed E-state index contributed by atoms with van der Waals surface area (Å²) in [5.74, 6) is -2.17. The van der Waals surface area contributed by atoms with E-state index in [0.29, 0.717) is 37.1 Å². The van der Waals surface area contributed by atoms with Gasteiger partial charge in [0.05, 0.1) is 37.3 Å². The second-order valence-corrected chi connectivity index (χ2v) is 14.6. The number of guanidine groups is 1. The molecular weight excluding hydrogens is 684 g/mol. The van der Waals surface area contributed by atoms with Crippen molar-refractivity contribution in [2.45, 2.75) is 103 Å². The Morgan fingerprint density at radius 3 is 2.49 bits per heavy atom. The van der Waals surface area contributed by atoms with Crippen LogP contribution in [-0.4, -0.2) is 97.1 Å². The Balaban J connectivity index is 1.57. The first kappa shape index (κ1) is 42.7. The number of allylic oxidation sites excluding steroid dienone is 2. The Morgan fingerprint density at radius 2 is 1.89 bits per heavy atom. The molecule has 16 nitrogen and oxygen atoms in total. The second-order valence-electron chi connectivity index (χ2n) is 14.6. The van der Waals surface area contributed by atoms with E-state index < -0.39 is 48.2 Å². The number of hydrogen-bond donors (Lipinski definition) is 7. The number of aliphatic carboxylic acids is 1. The van der Waals surface area contributed by atoms with Crippen LogP contribution in [0.25, 0.3) is 0 Å². The minimum absolute atomic E-state index is 0.000814. The monoisotopic (exact) mass is 742 g/mol. The van der Waals surface area contributed by atoms with E-state index in [9.17, 15) is 24.3 Å². The molecule has 1 spiro atoms. The first-order valence-corrected chi connectivity index (χ1v) is 18.0. The predicted octanol–water partition coefficient (Wildman–Crippen LogP) is 2.42. The summed E-state index contributed by atoms with van der Waals surface area (Å²) in [5, 5.41) is 20.3. The summed E-state index contributed by atoms with van der Waals surface area (Å²) < 4.78 is 17.9. The summed E-state index contributed by atoms with van der Waals surface area (Å²) in [6, 6.07) is 1.85. The molecule has 9 N–H and O–H groups in total. The summed E-state index contributed by atoms with van der Waals surface area (Å²) in [5.41, 5.74) is 12.6. The normalized spacial score (nSPS) is 21.6. The number of amides is 3. The highest BCUT2D eigenvalue weighted by molar-refractivity contribution is 5.83. The van der Waals surface area contributed by atoms with Crippen LogP contribution in [0, 0.1) is 11.3 Å². The van der Waals surface area contributed by atoms with Crippen molar-refractivity contribution in [1.82, 2.24) is 26.3 Å². The molecule has 2 fully saturated rings. The van der Waals surface area contributed by atoms with E-state index in [2.05, 4.69) is 71.6 Å². The summed E-state index contributed by atoms with van der Waals surface area (Å²) in [7, 11) is 1.62. The number of aromatic nitrogens is 1. The van der Waals surface area contributed by atoms with E-state index >= 15 is 0 Å². The molecule has 1 unspecified atom stereocenters. The van der Waals surface area contributed by atoms with Gasteiger partial charge in [-0.15, -0.1) is 0 Å². The lowest BCUT2D eigenvalue weighted by molar-refractivity contribution is -0.137. The fraction of sp³-hybridized carbons (Fsp3) is 0.622. The molecule has 0 radical (unpaired) electrons. The predicted molar refractivity (Wildman–Crippen MR) is 199 cm³/mol. The molecule has 1 aromatic rings. The van der Waals surface area contributed by atoms with Gasteiger partial charge in [0.2, 0.25) is 11.8 Å². The maximum Gasteiger partial charge on any atom is 0.407 e. The number of carboxylic acids is 1. The Hall–Kier alpha value is -4.70. The van der Waals surface area contributed by atoms with E-state index in [1.807, 2.05) is 0 Å². The molecule has 1 aliphatic heterocycles. The molecule has 294 valence electrons. The third-order valence-electron chi connectivity index (χ3n) is 9.71. The van der Waals surface area contributed by atoms with Crippen molar-refractivity contribution in [3.8, 4) is 0 Å². The Labute approximate surface area is 311 Å². The van der Waals surface area contributed by atoms with Gasteiger partial charge in [-0.2, -0.15) is 0 Å². The van der Waals surface area contributed by atoms with Crippen LogP contribution in [0.2, 0.25) is 0 Å². The van der Waals surface area contributed by atoms with E-state index in [1.165, 1.54) is 11.8 Å². The number of nitrogens with two attached hydrogens (primary N) is 2. The van der Waals surface area contributed by atoms with Crippen LogP contribution < -0.4 is 32.7 Å². The Bertz CT molecular complexity index is 1470. The van der Waals surface area contributed by atoms with Crippen molar-refractivity contribution in [1.29, 1.82) is 0 Å². The van der Waals surface area contributed by atoms with Crippen LogP contribution >= 0.6 is 0 Å². The number of rotatable bonds is 21. The minimum atomic E-state index is -1.09. The maximum atomic E-state index is 13.1. The third kappa shape index (κ3) is 13.7. The lowest BCUT2D eigenvalue weighted by atomic mass is 9.61. The number of hydrogen-bond acceptors (Lipinski definition) is 10. The molecule has 1 saturated carbocycles. The third-order valence-corrected chi connectivity index (χ3v) is 9.71. The summed E-state index contributed by atoms with van der Waals surface area (Å²) in [6.07, 6.45) is 7.20. The fourth-order valence-corrected chi connectivity index (χ4v) is 7.08. The van der Waals surface area contributed by atoms with Crippen molar-refractivity contribution in [3.05, 3.63) is 54.0 Å². The van der Waals surface area contributed by atoms with E-state index in [4.69, 9.17) is 25.7 Å².